The normalized spacial score (nSPS) is 15.0. The minimum atomic E-state index is -7.89. The van der Waals surface area contributed by atoms with Crippen LogP contribution >= 0.6 is 11.8 Å². The van der Waals surface area contributed by atoms with E-state index in [0.29, 0.717) is 0 Å². The molecule has 0 aliphatic rings. The number of alkyl halides is 13. The molecule has 0 atom stereocenters. The number of hydrogen-bond acceptors (Lipinski definition) is 3. The highest BCUT2D eigenvalue weighted by Gasteiger charge is 2.90. The van der Waals surface area contributed by atoms with Crippen LogP contribution in [0.2, 0.25) is 0 Å². The fraction of sp³-hybridized carbons (Fsp3) is 0.900. The van der Waals surface area contributed by atoms with E-state index in [-0.39, 0.29) is 11.8 Å². The Balaban J connectivity index is 5.74. The molecule has 0 saturated heterocycles. The van der Waals surface area contributed by atoms with E-state index in [4.69, 9.17) is 0 Å². The maximum Gasteiger partial charge on any atom is 0.460 e. The Morgan fingerprint density at radius 1 is 0.692 bits per heavy atom. The zero-order valence-corrected chi connectivity index (χ0v) is 12.6. The van der Waals surface area contributed by atoms with Gasteiger partial charge < -0.3 is 0 Å². The van der Waals surface area contributed by atoms with Crippen molar-refractivity contribution in [3.8, 4) is 0 Å². The number of halogens is 13. The highest BCUT2D eigenvalue weighted by atomic mass is 32.2. The Hall–Kier alpha value is -1.18. The van der Waals surface area contributed by atoms with E-state index in [1.54, 1.807) is 0 Å². The van der Waals surface area contributed by atoms with Crippen LogP contribution in [0.3, 0.4) is 0 Å². The fourth-order valence-corrected chi connectivity index (χ4v) is 1.97. The molecule has 0 saturated carbocycles. The van der Waals surface area contributed by atoms with Crippen LogP contribution in [0.4, 0.5) is 57.1 Å². The zero-order valence-electron chi connectivity index (χ0n) is 11.8. The van der Waals surface area contributed by atoms with Gasteiger partial charge in [0.2, 0.25) is 6.08 Å². The number of isocyanates is 1. The molecule has 0 aromatic heterocycles. The van der Waals surface area contributed by atoms with Crippen molar-refractivity contribution < 1.29 is 61.9 Å². The van der Waals surface area contributed by atoms with E-state index in [1.165, 1.54) is 0 Å². The Bertz CT molecular complexity index is 538. The second-order valence-corrected chi connectivity index (χ2v) is 5.61. The summed E-state index contributed by atoms with van der Waals surface area (Å²) in [6.45, 7) is 0. The SMILES string of the molecule is O=C=NCSCCC(F)(F)C(F)(F)C(F)(F)C(F)(F)C(F)(F)C(F)(F)F. The van der Waals surface area contributed by atoms with Crippen molar-refractivity contribution in [2.45, 2.75) is 42.2 Å². The third-order valence-corrected chi connectivity index (χ3v) is 3.58. The molecule has 0 rings (SSSR count). The Labute approximate surface area is 139 Å². The van der Waals surface area contributed by atoms with Crippen molar-refractivity contribution in [1.82, 2.24) is 0 Å². The van der Waals surface area contributed by atoms with Gasteiger partial charge in [0.05, 0.1) is 5.88 Å². The number of carbonyl (C=O) groups excluding carboxylic acids is 1. The Kier molecular flexibility index (Phi) is 7.11. The first-order valence-corrected chi connectivity index (χ1v) is 7.04. The van der Waals surface area contributed by atoms with Gasteiger partial charge in [0.15, 0.2) is 0 Å². The summed E-state index contributed by atoms with van der Waals surface area (Å²) in [5, 5.41) is 0. The van der Waals surface area contributed by atoms with Crippen LogP contribution < -0.4 is 0 Å². The van der Waals surface area contributed by atoms with Gasteiger partial charge in [0.1, 0.15) is 0 Å². The molecule has 0 radical (unpaired) electrons. The highest BCUT2D eigenvalue weighted by Crippen LogP contribution is 2.60. The van der Waals surface area contributed by atoms with Crippen molar-refractivity contribution in [2.75, 3.05) is 11.6 Å². The summed E-state index contributed by atoms with van der Waals surface area (Å²) in [6, 6.07) is 0. The second-order valence-electron chi connectivity index (χ2n) is 4.54. The first-order chi connectivity index (χ1) is 11.3. The predicted molar refractivity (Wildman–Crippen MR) is 60.9 cm³/mol. The van der Waals surface area contributed by atoms with Gasteiger partial charge in [-0.2, -0.15) is 62.1 Å². The first-order valence-electron chi connectivity index (χ1n) is 5.88. The average Bonchev–Trinajstić information content (AvgIpc) is 2.44. The number of aliphatic imine (C=N–C) groups is 1. The second kappa shape index (κ2) is 7.44. The van der Waals surface area contributed by atoms with Crippen molar-refractivity contribution in [1.29, 1.82) is 0 Å². The molecule has 0 amide bonds. The van der Waals surface area contributed by atoms with E-state index in [9.17, 15) is 61.9 Å². The molecule has 16 heteroatoms. The van der Waals surface area contributed by atoms with Crippen LogP contribution in [0.15, 0.2) is 4.99 Å². The summed E-state index contributed by atoms with van der Waals surface area (Å²) in [7, 11) is 0. The Morgan fingerprint density at radius 3 is 1.50 bits per heavy atom. The summed E-state index contributed by atoms with van der Waals surface area (Å²) in [4.78, 5) is 12.4. The molecule has 0 N–H and O–H groups in total. The van der Waals surface area contributed by atoms with E-state index in [1.807, 2.05) is 0 Å². The molecule has 0 aromatic carbocycles. The molecule has 26 heavy (non-hydrogen) atoms. The van der Waals surface area contributed by atoms with Crippen molar-refractivity contribution in [2.24, 2.45) is 4.99 Å². The lowest BCUT2D eigenvalue weighted by Crippen LogP contribution is -2.70. The Morgan fingerprint density at radius 2 is 1.12 bits per heavy atom. The van der Waals surface area contributed by atoms with Crippen molar-refractivity contribution in [3.63, 3.8) is 0 Å². The van der Waals surface area contributed by atoms with Crippen molar-refractivity contribution >= 4 is 17.8 Å². The molecule has 0 aliphatic carbocycles. The van der Waals surface area contributed by atoms with E-state index >= 15 is 0 Å². The topological polar surface area (TPSA) is 29.4 Å². The molecule has 0 aliphatic heterocycles. The number of rotatable bonds is 9. The van der Waals surface area contributed by atoms with Gasteiger partial charge in [0, 0.05) is 12.2 Å². The molecule has 2 nitrogen and oxygen atoms in total. The van der Waals surface area contributed by atoms with Gasteiger partial charge in [-0.1, -0.05) is 0 Å². The summed E-state index contributed by atoms with van der Waals surface area (Å²) in [5.41, 5.74) is 0. The minimum Gasteiger partial charge on any atom is -0.211 e. The molecule has 0 aromatic rings. The summed E-state index contributed by atoms with van der Waals surface area (Å²) in [5.74, 6) is -38.6. The lowest BCUT2D eigenvalue weighted by Gasteiger charge is -2.39. The van der Waals surface area contributed by atoms with Crippen LogP contribution in [-0.2, 0) is 4.79 Å². The lowest BCUT2D eigenvalue weighted by molar-refractivity contribution is -0.439. The van der Waals surface area contributed by atoms with Crippen LogP contribution in [0.25, 0.3) is 0 Å². The monoisotopic (exact) mass is 435 g/mol. The quantitative estimate of drug-likeness (QED) is 0.217. The standard InChI is InChI=1S/C10H6F13NOS/c11-5(12,1-2-26-4-24-3-25)6(13,14)7(15,16)8(17,18)9(19,20)10(21,22)23/h1-2,4H2. The summed E-state index contributed by atoms with van der Waals surface area (Å²) in [6.07, 6.45) is -8.86. The van der Waals surface area contributed by atoms with Gasteiger partial charge in [-0.15, -0.1) is 11.8 Å². The number of thioether (sulfide) groups is 1. The fourth-order valence-electron chi connectivity index (χ4n) is 1.30. The van der Waals surface area contributed by atoms with Crippen molar-refractivity contribution in [3.05, 3.63) is 0 Å². The molecule has 0 fully saturated rings. The largest absolute Gasteiger partial charge is 0.460 e. The lowest BCUT2D eigenvalue weighted by atomic mass is 9.93. The molecule has 154 valence electrons. The maximum absolute atomic E-state index is 13.2. The van der Waals surface area contributed by atoms with E-state index in [0.717, 1.165) is 6.08 Å². The average molecular weight is 435 g/mol. The minimum absolute atomic E-state index is 0.146. The molecule has 0 heterocycles. The maximum atomic E-state index is 13.2. The third-order valence-electron chi connectivity index (χ3n) is 2.78. The molecular weight excluding hydrogens is 429 g/mol. The molecule has 0 unspecified atom stereocenters. The van der Waals surface area contributed by atoms with Crippen LogP contribution in [0.1, 0.15) is 6.42 Å². The number of hydrogen-bond donors (Lipinski definition) is 0. The van der Waals surface area contributed by atoms with Gasteiger partial charge in [-0.05, 0) is 0 Å². The van der Waals surface area contributed by atoms with E-state index in [2.05, 4.69) is 4.99 Å². The van der Waals surface area contributed by atoms with Gasteiger partial charge in [0.25, 0.3) is 0 Å². The number of nitrogens with zero attached hydrogens (tertiary/aromatic N) is 1. The summed E-state index contributed by atoms with van der Waals surface area (Å²) >= 11 is 0.146. The summed E-state index contributed by atoms with van der Waals surface area (Å²) < 4.78 is 165. The van der Waals surface area contributed by atoms with Gasteiger partial charge in [-0.25, -0.2) is 4.79 Å². The molecule has 0 bridgehead atoms. The zero-order chi connectivity index (χ0) is 21.2. The third kappa shape index (κ3) is 4.05. The molecule has 0 spiro atoms. The van der Waals surface area contributed by atoms with Crippen LogP contribution in [0, 0.1) is 0 Å². The molecular formula is C10H6F13NOS. The van der Waals surface area contributed by atoms with Crippen LogP contribution in [0.5, 0.6) is 0 Å². The van der Waals surface area contributed by atoms with Crippen LogP contribution in [-0.4, -0.2) is 53.5 Å². The predicted octanol–water partition coefficient (Wildman–Crippen LogP) is 5.14. The first kappa shape index (κ1) is 24.8. The smallest absolute Gasteiger partial charge is 0.211 e. The van der Waals surface area contributed by atoms with E-state index < -0.39 is 53.8 Å². The highest BCUT2D eigenvalue weighted by molar-refractivity contribution is 7.99. The van der Waals surface area contributed by atoms with Gasteiger partial charge >= 0.3 is 35.8 Å². The van der Waals surface area contributed by atoms with Gasteiger partial charge in [-0.3, -0.25) is 0 Å².